The molecule has 5 nitrogen and oxygen atoms in total. The average molecular weight is 317 g/mol. The fraction of sp³-hybridized carbons (Fsp3) is 0.188. The minimum Gasteiger partial charge on any atom is -0.491 e. The number of ketones is 1. The zero-order valence-corrected chi connectivity index (χ0v) is 12.8. The van der Waals surface area contributed by atoms with Gasteiger partial charge in [0.15, 0.2) is 5.78 Å². The van der Waals surface area contributed by atoms with Gasteiger partial charge in [0.05, 0.1) is 17.2 Å². The van der Waals surface area contributed by atoms with Gasteiger partial charge < -0.3 is 4.74 Å². The molecule has 0 fully saturated rings. The first-order valence-electron chi connectivity index (χ1n) is 6.86. The lowest BCUT2D eigenvalue weighted by Crippen LogP contribution is -2.13. The number of carbonyl (C=O) groups excluding carboxylic acids is 1. The summed E-state index contributed by atoms with van der Waals surface area (Å²) in [5, 5.41) is 0. The van der Waals surface area contributed by atoms with Crippen LogP contribution in [0.3, 0.4) is 0 Å². The van der Waals surface area contributed by atoms with Gasteiger partial charge >= 0.3 is 0 Å². The molecule has 2 aromatic carbocycles. The van der Waals surface area contributed by atoms with Crippen molar-refractivity contribution in [1.82, 2.24) is 0 Å². The van der Waals surface area contributed by atoms with Gasteiger partial charge in [-0.25, -0.2) is 8.42 Å². The predicted molar refractivity (Wildman–Crippen MR) is 82.9 cm³/mol. The molecule has 0 saturated heterocycles. The van der Waals surface area contributed by atoms with Gasteiger partial charge in [0.1, 0.15) is 5.75 Å². The number of fused-ring (bicyclic) bond motifs is 1. The number of Topliss-reactive ketones (excluding diaryl/α,β-unsaturated/α-hetero) is 1. The van der Waals surface area contributed by atoms with Crippen LogP contribution >= 0.6 is 0 Å². The predicted octanol–water partition coefficient (Wildman–Crippen LogP) is 2.62. The first kappa shape index (κ1) is 14.6. The van der Waals surface area contributed by atoms with Crippen molar-refractivity contribution in [1.29, 1.82) is 0 Å². The van der Waals surface area contributed by atoms with E-state index in [9.17, 15) is 13.2 Å². The Bertz CT molecular complexity index is 826. The second-order valence-electron chi connectivity index (χ2n) is 5.08. The molecule has 0 atom stereocenters. The normalized spacial score (nSPS) is 13.3. The van der Waals surface area contributed by atoms with Crippen LogP contribution in [0.1, 0.15) is 22.8 Å². The van der Waals surface area contributed by atoms with Gasteiger partial charge in [0.25, 0.3) is 10.0 Å². The summed E-state index contributed by atoms with van der Waals surface area (Å²) in [6.45, 7) is 1.99. The van der Waals surface area contributed by atoms with Crippen LogP contribution in [0.25, 0.3) is 0 Å². The molecular formula is C16H15NO4S. The SMILES string of the molecule is CC(=O)c1ccc(S(=O)(=O)Nc2cccc3c2OCC3)cc1. The van der Waals surface area contributed by atoms with Gasteiger partial charge in [-0.3, -0.25) is 9.52 Å². The molecule has 1 heterocycles. The molecular weight excluding hydrogens is 302 g/mol. The zero-order chi connectivity index (χ0) is 15.7. The maximum absolute atomic E-state index is 12.4. The summed E-state index contributed by atoms with van der Waals surface area (Å²) in [6.07, 6.45) is 0.776. The van der Waals surface area contributed by atoms with Gasteiger partial charge in [0, 0.05) is 12.0 Å². The molecule has 0 spiro atoms. The van der Waals surface area contributed by atoms with Crippen molar-refractivity contribution in [3.05, 3.63) is 53.6 Å². The Kier molecular flexibility index (Phi) is 3.62. The summed E-state index contributed by atoms with van der Waals surface area (Å²) in [5.41, 5.74) is 1.90. The van der Waals surface area contributed by atoms with E-state index in [-0.39, 0.29) is 10.7 Å². The highest BCUT2D eigenvalue weighted by Crippen LogP contribution is 2.34. The van der Waals surface area contributed by atoms with Crippen LogP contribution in [0, 0.1) is 0 Å². The Hall–Kier alpha value is -2.34. The second kappa shape index (κ2) is 5.46. The summed E-state index contributed by atoms with van der Waals surface area (Å²) >= 11 is 0. The number of anilines is 1. The summed E-state index contributed by atoms with van der Waals surface area (Å²) in [4.78, 5) is 11.3. The van der Waals surface area contributed by atoms with Gasteiger partial charge in [0.2, 0.25) is 0 Å². The molecule has 6 heteroatoms. The number of sulfonamides is 1. The number of rotatable bonds is 4. The molecule has 0 aliphatic carbocycles. The van der Waals surface area contributed by atoms with Crippen LogP contribution in [-0.4, -0.2) is 20.8 Å². The third kappa shape index (κ3) is 2.69. The van der Waals surface area contributed by atoms with Crippen LogP contribution in [0.15, 0.2) is 47.4 Å². The van der Waals surface area contributed by atoms with Crippen molar-refractivity contribution in [3.8, 4) is 5.75 Å². The molecule has 3 rings (SSSR count). The largest absolute Gasteiger partial charge is 0.491 e. The van der Waals surface area contributed by atoms with Crippen LogP contribution < -0.4 is 9.46 Å². The minimum atomic E-state index is -3.72. The van der Waals surface area contributed by atoms with Crippen LogP contribution in [0.2, 0.25) is 0 Å². The van der Waals surface area contributed by atoms with Gasteiger partial charge in [-0.05, 0) is 30.7 Å². The molecule has 1 aliphatic heterocycles. The van der Waals surface area contributed by atoms with Crippen molar-refractivity contribution < 1.29 is 17.9 Å². The molecule has 0 saturated carbocycles. The third-order valence-corrected chi connectivity index (χ3v) is 4.91. The number of hydrogen-bond donors (Lipinski definition) is 1. The van der Waals surface area contributed by atoms with E-state index in [1.54, 1.807) is 12.1 Å². The van der Waals surface area contributed by atoms with E-state index in [4.69, 9.17) is 4.74 Å². The minimum absolute atomic E-state index is 0.105. The fourth-order valence-corrected chi connectivity index (χ4v) is 3.43. The smallest absolute Gasteiger partial charge is 0.262 e. The van der Waals surface area contributed by atoms with Crippen molar-refractivity contribution in [3.63, 3.8) is 0 Å². The van der Waals surface area contributed by atoms with Gasteiger partial charge in [-0.2, -0.15) is 0 Å². The van der Waals surface area contributed by atoms with Crippen molar-refractivity contribution in [2.45, 2.75) is 18.2 Å². The molecule has 0 radical (unpaired) electrons. The summed E-state index contributed by atoms with van der Waals surface area (Å²) < 4.78 is 32.9. The van der Waals surface area contributed by atoms with Crippen LogP contribution in [0.4, 0.5) is 5.69 Å². The highest BCUT2D eigenvalue weighted by molar-refractivity contribution is 7.92. The van der Waals surface area contributed by atoms with Crippen molar-refractivity contribution >= 4 is 21.5 Å². The molecule has 2 aromatic rings. The van der Waals surface area contributed by atoms with E-state index in [0.717, 1.165) is 12.0 Å². The Morgan fingerprint density at radius 3 is 2.55 bits per heavy atom. The Morgan fingerprint density at radius 1 is 1.14 bits per heavy atom. The number of benzene rings is 2. The van der Waals surface area contributed by atoms with Gasteiger partial charge in [-0.1, -0.05) is 24.3 Å². The lowest BCUT2D eigenvalue weighted by Gasteiger charge is -2.11. The van der Waals surface area contributed by atoms with Crippen molar-refractivity contribution in [2.24, 2.45) is 0 Å². The quantitative estimate of drug-likeness (QED) is 0.880. The number of ether oxygens (including phenoxy) is 1. The number of nitrogens with one attached hydrogen (secondary N) is 1. The maximum atomic E-state index is 12.4. The maximum Gasteiger partial charge on any atom is 0.262 e. The fourth-order valence-electron chi connectivity index (χ4n) is 2.37. The van der Waals surface area contributed by atoms with Gasteiger partial charge in [-0.15, -0.1) is 0 Å². The Labute approximate surface area is 129 Å². The Balaban J connectivity index is 1.91. The lowest BCUT2D eigenvalue weighted by atomic mass is 10.1. The number of para-hydroxylation sites is 1. The molecule has 0 unspecified atom stereocenters. The van der Waals surface area contributed by atoms with E-state index >= 15 is 0 Å². The standard InChI is InChI=1S/C16H15NO4S/c1-11(18)12-5-7-14(8-6-12)22(19,20)17-15-4-2-3-13-9-10-21-16(13)15/h2-8,17H,9-10H2,1H3. The monoisotopic (exact) mass is 317 g/mol. The molecule has 1 aliphatic rings. The zero-order valence-electron chi connectivity index (χ0n) is 12.0. The molecule has 1 N–H and O–H groups in total. The first-order chi connectivity index (χ1) is 10.5. The molecule has 22 heavy (non-hydrogen) atoms. The summed E-state index contributed by atoms with van der Waals surface area (Å²) in [5.74, 6) is 0.484. The van der Waals surface area contributed by atoms with E-state index in [2.05, 4.69) is 4.72 Å². The number of hydrogen-bond acceptors (Lipinski definition) is 4. The van der Waals surface area contributed by atoms with Crippen LogP contribution in [0.5, 0.6) is 5.75 Å². The average Bonchev–Trinajstić information content (AvgIpc) is 2.96. The second-order valence-corrected chi connectivity index (χ2v) is 6.76. The number of carbonyl (C=O) groups is 1. The van der Waals surface area contributed by atoms with E-state index in [0.29, 0.717) is 23.6 Å². The molecule has 0 bridgehead atoms. The highest BCUT2D eigenvalue weighted by atomic mass is 32.2. The third-order valence-electron chi connectivity index (χ3n) is 3.53. The van der Waals surface area contributed by atoms with Crippen LogP contribution in [-0.2, 0) is 16.4 Å². The highest BCUT2D eigenvalue weighted by Gasteiger charge is 2.21. The lowest BCUT2D eigenvalue weighted by molar-refractivity contribution is 0.101. The molecule has 0 amide bonds. The Morgan fingerprint density at radius 2 is 1.86 bits per heavy atom. The summed E-state index contributed by atoms with van der Waals surface area (Å²) in [6, 6.07) is 11.2. The van der Waals surface area contributed by atoms with E-state index < -0.39 is 10.0 Å². The molecule has 0 aromatic heterocycles. The van der Waals surface area contributed by atoms with E-state index in [1.807, 2.05) is 6.07 Å². The summed E-state index contributed by atoms with van der Waals surface area (Å²) in [7, 11) is -3.72. The van der Waals surface area contributed by atoms with E-state index in [1.165, 1.54) is 31.2 Å². The topological polar surface area (TPSA) is 72.5 Å². The first-order valence-corrected chi connectivity index (χ1v) is 8.34. The van der Waals surface area contributed by atoms with Crippen molar-refractivity contribution in [2.75, 3.05) is 11.3 Å². The molecule has 114 valence electrons.